The first-order valence-corrected chi connectivity index (χ1v) is 7.90. The lowest BCUT2D eigenvalue weighted by Gasteiger charge is -2.36. The summed E-state index contributed by atoms with van der Waals surface area (Å²) in [5.74, 6) is 1.37. The first-order chi connectivity index (χ1) is 11.7. The van der Waals surface area contributed by atoms with E-state index in [4.69, 9.17) is 9.47 Å². The van der Waals surface area contributed by atoms with Crippen LogP contribution in [0.4, 0.5) is 5.69 Å². The van der Waals surface area contributed by atoms with E-state index in [-0.39, 0.29) is 5.91 Å². The number of nitrogens with zero attached hydrogens (tertiary/aromatic N) is 3. The smallest absolute Gasteiger partial charge is 0.255 e. The lowest BCUT2D eigenvalue weighted by molar-refractivity contribution is 0.0746. The molecule has 0 saturated carbocycles. The molecule has 6 heteroatoms. The van der Waals surface area contributed by atoms with Crippen molar-refractivity contribution in [1.29, 1.82) is 0 Å². The quantitative estimate of drug-likeness (QED) is 0.860. The summed E-state index contributed by atoms with van der Waals surface area (Å²) in [6, 6.07) is 11.4. The van der Waals surface area contributed by atoms with Crippen molar-refractivity contribution in [1.82, 2.24) is 9.88 Å². The number of carbonyl (C=O) groups is 1. The SMILES string of the molecule is COc1ccc(C(=O)N2CCN(c3ccccc3OC)CC2)cn1. The number of carbonyl (C=O) groups excluding carboxylic acids is 1. The molecule has 0 N–H and O–H groups in total. The molecule has 1 amide bonds. The molecule has 24 heavy (non-hydrogen) atoms. The lowest BCUT2D eigenvalue weighted by atomic mass is 10.2. The number of hydrogen-bond donors (Lipinski definition) is 0. The Balaban J connectivity index is 1.65. The first kappa shape index (κ1) is 16.1. The van der Waals surface area contributed by atoms with Crippen LogP contribution < -0.4 is 14.4 Å². The molecule has 3 rings (SSSR count). The van der Waals surface area contributed by atoms with Gasteiger partial charge in [0, 0.05) is 38.4 Å². The van der Waals surface area contributed by atoms with Gasteiger partial charge in [0.2, 0.25) is 5.88 Å². The summed E-state index contributed by atoms with van der Waals surface area (Å²) >= 11 is 0. The van der Waals surface area contributed by atoms with Crippen LogP contribution in [0.3, 0.4) is 0 Å². The summed E-state index contributed by atoms with van der Waals surface area (Å²) in [5, 5.41) is 0. The van der Waals surface area contributed by atoms with E-state index in [9.17, 15) is 4.79 Å². The zero-order chi connectivity index (χ0) is 16.9. The standard InChI is InChI=1S/C18H21N3O3/c1-23-16-6-4-3-5-15(16)20-9-11-21(12-10-20)18(22)14-7-8-17(24-2)19-13-14/h3-8,13H,9-12H2,1-2H3. The third-order valence-electron chi connectivity index (χ3n) is 4.19. The van der Waals surface area contributed by atoms with E-state index in [1.807, 2.05) is 29.2 Å². The van der Waals surface area contributed by atoms with E-state index in [1.54, 1.807) is 32.5 Å². The van der Waals surface area contributed by atoms with Crippen LogP contribution in [0.2, 0.25) is 0 Å². The van der Waals surface area contributed by atoms with Crippen LogP contribution in [0.1, 0.15) is 10.4 Å². The molecular formula is C18H21N3O3. The molecule has 1 aliphatic heterocycles. The van der Waals surface area contributed by atoms with Crippen molar-refractivity contribution in [3.8, 4) is 11.6 Å². The number of piperazine rings is 1. The number of aromatic nitrogens is 1. The second-order valence-corrected chi connectivity index (χ2v) is 5.54. The molecule has 2 heterocycles. The molecule has 0 aliphatic carbocycles. The van der Waals surface area contributed by atoms with Crippen molar-refractivity contribution < 1.29 is 14.3 Å². The Morgan fingerprint density at radius 3 is 2.38 bits per heavy atom. The molecule has 0 unspecified atom stereocenters. The van der Waals surface area contributed by atoms with Gasteiger partial charge in [-0.15, -0.1) is 0 Å². The second kappa shape index (κ2) is 7.21. The molecule has 1 fully saturated rings. The molecule has 0 spiro atoms. The fourth-order valence-corrected chi connectivity index (χ4v) is 2.85. The molecule has 0 bridgehead atoms. The van der Waals surface area contributed by atoms with Crippen molar-refractivity contribution >= 4 is 11.6 Å². The van der Waals surface area contributed by atoms with Gasteiger partial charge in [0.15, 0.2) is 0 Å². The highest BCUT2D eigenvalue weighted by Gasteiger charge is 2.23. The number of para-hydroxylation sites is 2. The van der Waals surface area contributed by atoms with E-state index in [1.165, 1.54) is 0 Å². The van der Waals surface area contributed by atoms with Crippen molar-refractivity contribution in [3.63, 3.8) is 0 Å². The number of anilines is 1. The van der Waals surface area contributed by atoms with Gasteiger partial charge in [0.25, 0.3) is 5.91 Å². The number of benzene rings is 1. The molecule has 1 saturated heterocycles. The van der Waals surface area contributed by atoms with Gasteiger partial charge < -0.3 is 19.3 Å². The van der Waals surface area contributed by atoms with Gasteiger partial charge in [-0.25, -0.2) is 4.98 Å². The number of ether oxygens (including phenoxy) is 2. The molecular weight excluding hydrogens is 306 g/mol. The summed E-state index contributed by atoms with van der Waals surface area (Å²) in [7, 11) is 3.23. The summed E-state index contributed by atoms with van der Waals surface area (Å²) in [6.07, 6.45) is 1.56. The number of amides is 1. The number of methoxy groups -OCH3 is 2. The van der Waals surface area contributed by atoms with Gasteiger partial charge in [-0.1, -0.05) is 12.1 Å². The van der Waals surface area contributed by atoms with Crippen LogP contribution in [0.15, 0.2) is 42.6 Å². The Labute approximate surface area is 141 Å². The Morgan fingerprint density at radius 2 is 1.75 bits per heavy atom. The summed E-state index contributed by atoms with van der Waals surface area (Å²) in [5.41, 5.74) is 1.65. The van der Waals surface area contributed by atoms with E-state index in [0.29, 0.717) is 24.5 Å². The van der Waals surface area contributed by atoms with Gasteiger partial charge in [0.1, 0.15) is 5.75 Å². The number of pyridine rings is 1. The third-order valence-corrected chi connectivity index (χ3v) is 4.19. The van der Waals surface area contributed by atoms with Crippen LogP contribution in [0, 0.1) is 0 Å². The van der Waals surface area contributed by atoms with Gasteiger partial charge in [-0.05, 0) is 18.2 Å². The van der Waals surface area contributed by atoms with Crippen molar-refractivity contribution in [2.75, 3.05) is 45.3 Å². The maximum absolute atomic E-state index is 12.6. The van der Waals surface area contributed by atoms with E-state index in [0.717, 1.165) is 24.5 Å². The predicted molar refractivity (Wildman–Crippen MR) is 91.9 cm³/mol. The normalized spacial score (nSPS) is 14.4. The average Bonchev–Trinajstić information content (AvgIpc) is 2.67. The van der Waals surface area contributed by atoms with Crippen LogP contribution >= 0.6 is 0 Å². The summed E-state index contributed by atoms with van der Waals surface area (Å²) in [6.45, 7) is 2.89. The largest absolute Gasteiger partial charge is 0.495 e. The highest BCUT2D eigenvalue weighted by molar-refractivity contribution is 5.94. The molecule has 1 aromatic heterocycles. The monoisotopic (exact) mass is 327 g/mol. The Morgan fingerprint density at radius 1 is 1.00 bits per heavy atom. The van der Waals surface area contributed by atoms with Crippen molar-refractivity contribution in [2.45, 2.75) is 0 Å². The van der Waals surface area contributed by atoms with Gasteiger partial charge >= 0.3 is 0 Å². The van der Waals surface area contributed by atoms with Crippen LogP contribution in [0.25, 0.3) is 0 Å². The van der Waals surface area contributed by atoms with E-state index in [2.05, 4.69) is 9.88 Å². The van der Waals surface area contributed by atoms with Crippen LogP contribution in [-0.4, -0.2) is 56.2 Å². The summed E-state index contributed by atoms with van der Waals surface area (Å²) < 4.78 is 10.4. The van der Waals surface area contributed by atoms with E-state index >= 15 is 0 Å². The number of hydrogen-bond acceptors (Lipinski definition) is 5. The third kappa shape index (κ3) is 3.27. The second-order valence-electron chi connectivity index (χ2n) is 5.54. The molecule has 1 aliphatic rings. The zero-order valence-electron chi connectivity index (χ0n) is 13.9. The fraction of sp³-hybridized carbons (Fsp3) is 0.333. The average molecular weight is 327 g/mol. The van der Waals surface area contributed by atoms with Crippen molar-refractivity contribution in [2.24, 2.45) is 0 Å². The lowest BCUT2D eigenvalue weighted by Crippen LogP contribution is -2.48. The maximum atomic E-state index is 12.6. The Hall–Kier alpha value is -2.76. The highest BCUT2D eigenvalue weighted by Crippen LogP contribution is 2.28. The van der Waals surface area contributed by atoms with E-state index < -0.39 is 0 Å². The minimum absolute atomic E-state index is 0.00447. The van der Waals surface area contributed by atoms with Crippen LogP contribution in [0.5, 0.6) is 11.6 Å². The van der Waals surface area contributed by atoms with Gasteiger partial charge in [0.05, 0.1) is 25.5 Å². The molecule has 6 nitrogen and oxygen atoms in total. The van der Waals surface area contributed by atoms with Gasteiger partial charge in [-0.2, -0.15) is 0 Å². The molecule has 0 radical (unpaired) electrons. The van der Waals surface area contributed by atoms with Crippen molar-refractivity contribution in [3.05, 3.63) is 48.2 Å². The first-order valence-electron chi connectivity index (χ1n) is 7.90. The Bertz CT molecular complexity index is 695. The van der Waals surface area contributed by atoms with Gasteiger partial charge in [-0.3, -0.25) is 4.79 Å². The molecule has 1 aromatic carbocycles. The minimum Gasteiger partial charge on any atom is -0.495 e. The highest BCUT2D eigenvalue weighted by atomic mass is 16.5. The number of rotatable bonds is 4. The predicted octanol–water partition coefficient (Wildman–Crippen LogP) is 2.06. The molecule has 126 valence electrons. The maximum Gasteiger partial charge on any atom is 0.255 e. The van der Waals surface area contributed by atoms with Crippen LogP contribution in [-0.2, 0) is 0 Å². The minimum atomic E-state index is 0.00447. The summed E-state index contributed by atoms with van der Waals surface area (Å²) in [4.78, 5) is 20.8. The molecule has 2 aromatic rings. The topological polar surface area (TPSA) is 54.9 Å². The fourth-order valence-electron chi connectivity index (χ4n) is 2.85. The molecule has 0 atom stereocenters. The zero-order valence-corrected chi connectivity index (χ0v) is 13.9. The Kier molecular flexibility index (Phi) is 4.84.